The maximum absolute atomic E-state index is 5.43. The summed E-state index contributed by atoms with van der Waals surface area (Å²) in [5.41, 5.74) is 11.3. The van der Waals surface area contributed by atoms with Crippen LogP contribution < -0.4 is 10.2 Å². The van der Waals surface area contributed by atoms with Crippen molar-refractivity contribution in [3.05, 3.63) is 143 Å². The van der Waals surface area contributed by atoms with E-state index in [0.717, 1.165) is 88.9 Å². The van der Waals surface area contributed by atoms with Crippen molar-refractivity contribution in [1.29, 1.82) is 0 Å². The molecule has 10 rings (SSSR count). The number of nitrogens with one attached hydrogen (secondary N) is 1. The average Bonchev–Trinajstić information content (AvgIpc) is 3.71. The molecule has 4 aliphatic carbocycles. The lowest BCUT2D eigenvalue weighted by molar-refractivity contribution is 0.449. The molecule has 4 atom stereocenters. The number of nitrogens with zero attached hydrogens (tertiary/aromatic N) is 4. The summed E-state index contributed by atoms with van der Waals surface area (Å²) in [6.07, 6.45) is 30.3. The van der Waals surface area contributed by atoms with E-state index in [-0.39, 0.29) is 0 Å². The summed E-state index contributed by atoms with van der Waals surface area (Å²) < 4.78 is 2.54. The Hall–Kier alpha value is -4.48. The highest BCUT2D eigenvalue weighted by Gasteiger charge is 2.40. The smallest absolute Gasteiger partial charge is 0.141 e. The first-order valence-corrected chi connectivity index (χ1v) is 19.3. The summed E-state index contributed by atoms with van der Waals surface area (Å²) in [7, 11) is 0. The second-order valence-corrected chi connectivity index (χ2v) is 15.3. The summed E-state index contributed by atoms with van der Waals surface area (Å²) in [6.45, 7) is 2.14. The van der Waals surface area contributed by atoms with Gasteiger partial charge in [0.15, 0.2) is 0 Å². The molecular weight excluding hydrogens is 611 g/mol. The number of benzene rings is 2. The summed E-state index contributed by atoms with van der Waals surface area (Å²) in [4.78, 5) is 13.4. The van der Waals surface area contributed by atoms with Gasteiger partial charge in [-0.05, 0) is 118 Å². The fraction of sp³-hybridized carbons (Fsp3) is 0.378. The summed E-state index contributed by atoms with van der Waals surface area (Å²) in [5, 5.41) is 4.95. The van der Waals surface area contributed by atoms with Crippen molar-refractivity contribution in [2.45, 2.75) is 88.0 Å². The second-order valence-electron chi connectivity index (χ2n) is 15.3. The Morgan fingerprint density at radius 3 is 2.58 bits per heavy atom. The van der Waals surface area contributed by atoms with Gasteiger partial charge in [0.05, 0.1) is 11.6 Å². The molecule has 6 aliphatic rings. The molecule has 50 heavy (non-hydrogen) atoms. The number of rotatable bonds is 5. The van der Waals surface area contributed by atoms with Gasteiger partial charge in [0.2, 0.25) is 0 Å². The van der Waals surface area contributed by atoms with Crippen LogP contribution in [-0.4, -0.2) is 33.7 Å². The standard InChI is InChI=1S/C45H47N5/c1-3-11-31(12-4-1)45-47-39(30-23-25-46-26-24-30)29-44(48-45)50-41-18-10-8-16-36(41)38-27-32(20-22-42(38)50)33-19-21-37-35-15-7-9-17-40(35)49(43(37)28-33)34-13-5-2-6-14-34/h1-3,5,7-10,13,15-19,21,28-32,37,43,46H,4,6,11-12,14,20,22-27H2. The maximum atomic E-state index is 5.43. The molecule has 4 unspecified atom stereocenters. The number of aromatic nitrogens is 3. The zero-order chi connectivity index (χ0) is 33.0. The highest BCUT2D eigenvalue weighted by Crippen LogP contribution is 2.49. The van der Waals surface area contributed by atoms with E-state index in [1.165, 1.54) is 50.4 Å². The molecule has 2 aromatic heterocycles. The van der Waals surface area contributed by atoms with E-state index in [4.69, 9.17) is 9.97 Å². The molecule has 0 saturated carbocycles. The Bertz CT molecular complexity index is 2100. The number of fused-ring (bicyclic) bond motifs is 6. The number of para-hydroxylation sites is 2. The zero-order valence-corrected chi connectivity index (χ0v) is 29.0. The summed E-state index contributed by atoms with van der Waals surface area (Å²) in [5.74, 6) is 3.95. The van der Waals surface area contributed by atoms with Gasteiger partial charge in [0.1, 0.15) is 11.6 Å². The van der Waals surface area contributed by atoms with Crippen molar-refractivity contribution < 1.29 is 0 Å². The zero-order valence-electron chi connectivity index (χ0n) is 29.0. The normalized spacial score (nSPS) is 26.0. The maximum Gasteiger partial charge on any atom is 0.141 e. The Morgan fingerprint density at radius 2 is 1.70 bits per heavy atom. The Labute approximate surface area is 296 Å². The molecule has 2 aliphatic heterocycles. The highest BCUT2D eigenvalue weighted by molar-refractivity contribution is 5.87. The SMILES string of the molecule is C1=CCCC(N2c3ccccc3C3C=CC(C4CCc5c(c6ccccc6n5-c5cc(C6CCNCC6)nc(C6CC=CCC6)n5)C4)=CC32)=C1. The third kappa shape index (κ3) is 5.16. The predicted molar refractivity (Wildman–Crippen MR) is 204 cm³/mol. The molecule has 0 amide bonds. The molecule has 5 nitrogen and oxygen atoms in total. The molecule has 5 heteroatoms. The van der Waals surface area contributed by atoms with Crippen molar-refractivity contribution in [3.63, 3.8) is 0 Å². The summed E-state index contributed by atoms with van der Waals surface area (Å²) >= 11 is 0. The first-order valence-electron chi connectivity index (χ1n) is 19.3. The van der Waals surface area contributed by atoms with E-state index in [1.54, 1.807) is 0 Å². The Morgan fingerprint density at radius 1 is 0.800 bits per heavy atom. The Balaban J connectivity index is 1.03. The lowest BCUT2D eigenvalue weighted by atomic mass is 9.77. The van der Waals surface area contributed by atoms with E-state index in [9.17, 15) is 0 Å². The lowest BCUT2D eigenvalue weighted by Gasteiger charge is -2.34. The third-order valence-corrected chi connectivity index (χ3v) is 12.5. The number of allylic oxidation sites excluding steroid dienone is 8. The summed E-state index contributed by atoms with van der Waals surface area (Å²) in [6, 6.07) is 20.9. The van der Waals surface area contributed by atoms with Gasteiger partial charge in [-0.15, -0.1) is 0 Å². The number of piperidine rings is 1. The van der Waals surface area contributed by atoms with E-state index in [1.807, 2.05) is 0 Å². The van der Waals surface area contributed by atoms with Crippen LogP contribution in [0.5, 0.6) is 0 Å². The largest absolute Gasteiger partial charge is 0.337 e. The molecule has 0 radical (unpaired) electrons. The van der Waals surface area contributed by atoms with E-state index in [0.29, 0.717) is 29.7 Å². The van der Waals surface area contributed by atoms with Gasteiger partial charge in [-0.3, -0.25) is 4.57 Å². The molecule has 1 saturated heterocycles. The van der Waals surface area contributed by atoms with Crippen molar-refractivity contribution in [2.75, 3.05) is 18.0 Å². The average molecular weight is 658 g/mol. The van der Waals surface area contributed by atoms with Gasteiger partial charge in [-0.2, -0.15) is 0 Å². The van der Waals surface area contributed by atoms with Gasteiger partial charge in [0, 0.05) is 52.0 Å². The van der Waals surface area contributed by atoms with Crippen LogP contribution in [0.2, 0.25) is 0 Å². The van der Waals surface area contributed by atoms with Gasteiger partial charge in [0.25, 0.3) is 0 Å². The highest BCUT2D eigenvalue weighted by atomic mass is 15.2. The monoisotopic (exact) mass is 657 g/mol. The topological polar surface area (TPSA) is 46.0 Å². The van der Waals surface area contributed by atoms with Crippen LogP contribution in [0.1, 0.15) is 97.5 Å². The molecule has 4 aromatic rings. The number of hydrogen-bond donors (Lipinski definition) is 1. The first-order chi connectivity index (χ1) is 24.8. The second kappa shape index (κ2) is 12.7. The fourth-order valence-electron chi connectivity index (χ4n) is 9.95. The van der Waals surface area contributed by atoms with Crippen molar-refractivity contribution >= 4 is 16.6 Å². The van der Waals surface area contributed by atoms with Crippen LogP contribution in [0.15, 0.2) is 114 Å². The minimum atomic E-state index is 0.343. The molecule has 2 aromatic carbocycles. The van der Waals surface area contributed by atoms with Gasteiger partial charge in [-0.1, -0.05) is 78.9 Å². The van der Waals surface area contributed by atoms with E-state index in [2.05, 4.69) is 118 Å². The molecule has 4 heterocycles. The molecule has 0 spiro atoms. The molecule has 252 valence electrons. The molecule has 1 N–H and O–H groups in total. The predicted octanol–water partition coefficient (Wildman–Crippen LogP) is 9.52. The Kier molecular flexibility index (Phi) is 7.70. The van der Waals surface area contributed by atoms with Crippen LogP contribution in [0.4, 0.5) is 5.69 Å². The van der Waals surface area contributed by atoms with Gasteiger partial charge >= 0.3 is 0 Å². The van der Waals surface area contributed by atoms with Crippen molar-refractivity contribution in [2.24, 2.45) is 5.92 Å². The van der Waals surface area contributed by atoms with Crippen LogP contribution in [0.3, 0.4) is 0 Å². The molecule has 0 bridgehead atoms. The minimum absolute atomic E-state index is 0.343. The van der Waals surface area contributed by atoms with Crippen molar-refractivity contribution in [1.82, 2.24) is 19.9 Å². The van der Waals surface area contributed by atoms with Gasteiger partial charge in [-0.25, -0.2) is 9.97 Å². The van der Waals surface area contributed by atoms with Crippen molar-refractivity contribution in [3.8, 4) is 5.82 Å². The van der Waals surface area contributed by atoms with Crippen LogP contribution in [0, 0.1) is 5.92 Å². The van der Waals surface area contributed by atoms with E-state index < -0.39 is 0 Å². The van der Waals surface area contributed by atoms with Gasteiger partial charge < -0.3 is 10.2 Å². The van der Waals surface area contributed by atoms with Crippen LogP contribution in [0.25, 0.3) is 16.7 Å². The fourth-order valence-corrected chi connectivity index (χ4v) is 9.95. The lowest BCUT2D eigenvalue weighted by Crippen LogP contribution is -2.34. The first kappa shape index (κ1) is 30.4. The number of anilines is 1. The van der Waals surface area contributed by atoms with Crippen LogP contribution in [-0.2, 0) is 12.8 Å². The van der Waals surface area contributed by atoms with E-state index >= 15 is 0 Å². The minimum Gasteiger partial charge on any atom is -0.337 e. The third-order valence-electron chi connectivity index (χ3n) is 12.5. The molecular formula is C45H47N5. The quantitative estimate of drug-likeness (QED) is 0.217. The number of hydrogen-bond acceptors (Lipinski definition) is 4. The molecule has 1 fully saturated rings. The van der Waals surface area contributed by atoms with Crippen LogP contribution >= 0.6 is 0 Å².